The van der Waals surface area contributed by atoms with Crippen LogP contribution in [0.25, 0.3) is 11.3 Å². The highest BCUT2D eigenvalue weighted by Gasteiger charge is 2.26. The molecule has 1 aliphatic heterocycles. The van der Waals surface area contributed by atoms with Crippen LogP contribution in [-0.4, -0.2) is 26.9 Å². The van der Waals surface area contributed by atoms with Gasteiger partial charge in [-0.2, -0.15) is 4.98 Å². The second-order valence-electron chi connectivity index (χ2n) is 6.23. The Morgan fingerprint density at radius 2 is 1.93 bits per heavy atom. The van der Waals surface area contributed by atoms with Crippen LogP contribution in [0.5, 0.6) is 17.6 Å². The van der Waals surface area contributed by atoms with Crippen molar-refractivity contribution in [3.63, 3.8) is 0 Å². The van der Waals surface area contributed by atoms with Gasteiger partial charge < -0.3 is 19.9 Å². The molecule has 0 spiro atoms. The van der Waals surface area contributed by atoms with E-state index in [1.807, 2.05) is 24.3 Å². The molecule has 0 radical (unpaired) electrons. The molecule has 1 aromatic heterocycles. The molecule has 27 heavy (non-hydrogen) atoms. The molecule has 1 atom stereocenters. The lowest BCUT2D eigenvalue weighted by Gasteiger charge is -2.19. The largest absolute Gasteiger partial charge is 0.508 e. The summed E-state index contributed by atoms with van der Waals surface area (Å²) in [7, 11) is 0. The molecule has 2 aromatic carbocycles. The molecule has 0 bridgehead atoms. The van der Waals surface area contributed by atoms with Gasteiger partial charge in [-0.3, -0.25) is 0 Å². The van der Waals surface area contributed by atoms with Crippen LogP contribution in [0.2, 0.25) is 0 Å². The zero-order chi connectivity index (χ0) is 18.6. The summed E-state index contributed by atoms with van der Waals surface area (Å²) in [5.41, 5.74) is 3.13. The van der Waals surface area contributed by atoms with E-state index in [1.165, 1.54) is 0 Å². The third kappa shape index (κ3) is 3.62. The van der Waals surface area contributed by atoms with E-state index in [9.17, 15) is 5.11 Å². The van der Waals surface area contributed by atoms with Crippen LogP contribution in [-0.2, 0) is 0 Å². The van der Waals surface area contributed by atoms with Gasteiger partial charge in [-0.25, -0.2) is 0 Å². The number of hydrogen-bond acceptors (Lipinski definition) is 7. The highest BCUT2D eigenvalue weighted by Crippen LogP contribution is 2.39. The lowest BCUT2D eigenvalue weighted by Crippen LogP contribution is -2.17. The molecule has 0 fully saturated rings. The number of ether oxygens (including phenoxy) is 2. The number of nitrogens with zero attached hydrogens (tertiary/aromatic N) is 3. The number of nitrogens with one attached hydrogen (secondary N) is 1. The first kappa shape index (κ1) is 17.1. The Balaban J connectivity index is 1.73. The fourth-order valence-electron chi connectivity index (χ4n) is 2.82. The van der Waals surface area contributed by atoms with Gasteiger partial charge in [0, 0.05) is 16.8 Å². The Morgan fingerprint density at radius 1 is 1.11 bits per heavy atom. The summed E-state index contributed by atoms with van der Waals surface area (Å²) in [6, 6.07) is 14.8. The van der Waals surface area contributed by atoms with E-state index in [1.54, 1.807) is 24.3 Å². The number of phenols is 1. The molecule has 138 valence electrons. The SMILES string of the molecule is CCCCOc1nnc2c(n1)OC(c1ccc(O)cc1)Nc1ccccc1-2. The molecule has 4 rings (SSSR count). The molecule has 7 nitrogen and oxygen atoms in total. The first-order valence-corrected chi connectivity index (χ1v) is 8.93. The quantitative estimate of drug-likeness (QED) is 0.663. The molecule has 3 aromatic rings. The zero-order valence-corrected chi connectivity index (χ0v) is 14.9. The number of aromatic nitrogens is 3. The van der Waals surface area contributed by atoms with Gasteiger partial charge in [0.05, 0.1) is 6.61 Å². The van der Waals surface area contributed by atoms with Gasteiger partial charge in [-0.05, 0) is 36.8 Å². The average molecular weight is 364 g/mol. The summed E-state index contributed by atoms with van der Waals surface area (Å²) in [6.45, 7) is 2.63. The minimum Gasteiger partial charge on any atom is -0.508 e. The first-order valence-electron chi connectivity index (χ1n) is 8.93. The smallest absolute Gasteiger partial charge is 0.339 e. The van der Waals surface area contributed by atoms with E-state index in [2.05, 4.69) is 27.4 Å². The minimum atomic E-state index is -0.492. The topological polar surface area (TPSA) is 89.4 Å². The normalized spacial score (nSPS) is 14.9. The third-order valence-corrected chi connectivity index (χ3v) is 4.26. The van der Waals surface area contributed by atoms with E-state index in [4.69, 9.17) is 9.47 Å². The van der Waals surface area contributed by atoms with Crippen molar-refractivity contribution in [1.29, 1.82) is 0 Å². The fourth-order valence-corrected chi connectivity index (χ4v) is 2.82. The number of fused-ring (bicyclic) bond motifs is 3. The number of benzene rings is 2. The maximum Gasteiger partial charge on any atom is 0.339 e. The van der Waals surface area contributed by atoms with Crippen LogP contribution in [0.1, 0.15) is 31.6 Å². The molecular formula is C20H20N4O3. The van der Waals surface area contributed by atoms with E-state index in [0.29, 0.717) is 18.2 Å². The first-order chi connectivity index (χ1) is 13.2. The number of rotatable bonds is 5. The number of hydrogen-bond donors (Lipinski definition) is 2. The fraction of sp³-hybridized carbons (Fsp3) is 0.250. The Bertz CT molecular complexity index is 931. The van der Waals surface area contributed by atoms with Crippen LogP contribution >= 0.6 is 0 Å². The second-order valence-corrected chi connectivity index (χ2v) is 6.23. The Hall–Kier alpha value is -3.35. The van der Waals surface area contributed by atoms with E-state index >= 15 is 0 Å². The monoisotopic (exact) mass is 364 g/mol. The summed E-state index contributed by atoms with van der Waals surface area (Å²) in [4.78, 5) is 4.43. The van der Waals surface area contributed by atoms with Crippen molar-refractivity contribution in [1.82, 2.24) is 15.2 Å². The summed E-state index contributed by atoms with van der Waals surface area (Å²) in [5, 5.41) is 21.3. The van der Waals surface area contributed by atoms with Crippen molar-refractivity contribution in [2.24, 2.45) is 0 Å². The average Bonchev–Trinajstić information content (AvgIpc) is 2.85. The molecule has 2 N–H and O–H groups in total. The maximum atomic E-state index is 9.56. The van der Waals surface area contributed by atoms with Crippen molar-refractivity contribution in [2.45, 2.75) is 26.0 Å². The molecule has 7 heteroatoms. The van der Waals surface area contributed by atoms with Crippen LogP contribution < -0.4 is 14.8 Å². The highest BCUT2D eigenvalue weighted by atomic mass is 16.5. The summed E-state index contributed by atoms with van der Waals surface area (Å²) in [5.74, 6) is 0.552. The van der Waals surface area contributed by atoms with Gasteiger partial charge in [0.2, 0.25) is 5.88 Å². The van der Waals surface area contributed by atoms with Gasteiger partial charge in [-0.15, -0.1) is 5.10 Å². The molecule has 0 amide bonds. The Kier molecular flexibility index (Phi) is 4.74. The van der Waals surface area contributed by atoms with Crippen LogP contribution in [0.3, 0.4) is 0 Å². The molecule has 1 unspecified atom stereocenters. The zero-order valence-electron chi connectivity index (χ0n) is 14.9. The molecule has 1 aliphatic rings. The third-order valence-electron chi connectivity index (χ3n) is 4.26. The van der Waals surface area contributed by atoms with E-state index in [-0.39, 0.29) is 11.8 Å². The number of aromatic hydroxyl groups is 1. The van der Waals surface area contributed by atoms with Crippen LogP contribution in [0.15, 0.2) is 48.5 Å². The van der Waals surface area contributed by atoms with Crippen LogP contribution in [0, 0.1) is 0 Å². The predicted octanol–water partition coefficient (Wildman–Crippen LogP) is 3.93. The van der Waals surface area contributed by atoms with Crippen molar-refractivity contribution >= 4 is 5.69 Å². The van der Waals surface area contributed by atoms with Gasteiger partial charge in [0.25, 0.3) is 0 Å². The van der Waals surface area contributed by atoms with Crippen molar-refractivity contribution in [2.75, 3.05) is 11.9 Å². The minimum absolute atomic E-state index is 0.198. The maximum absolute atomic E-state index is 9.56. The van der Waals surface area contributed by atoms with Crippen molar-refractivity contribution < 1.29 is 14.6 Å². The Morgan fingerprint density at radius 3 is 2.74 bits per heavy atom. The lowest BCUT2D eigenvalue weighted by molar-refractivity contribution is 0.217. The molecular weight excluding hydrogens is 344 g/mol. The number of anilines is 1. The summed E-state index contributed by atoms with van der Waals surface area (Å²) >= 11 is 0. The summed E-state index contributed by atoms with van der Waals surface area (Å²) in [6.07, 6.45) is 1.45. The second kappa shape index (κ2) is 7.49. The van der Waals surface area contributed by atoms with E-state index < -0.39 is 6.23 Å². The van der Waals surface area contributed by atoms with Crippen molar-refractivity contribution in [3.05, 3.63) is 54.1 Å². The van der Waals surface area contributed by atoms with E-state index in [0.717, 1.165) is 29.7 Å². The number of phenolic OH excluding ortho intramolecular Hbond substituents is 1. The highest BCUT2D eigenvalue weighted by molar-refractivity contribution is 5.79. The molecule has 2 heterocycles. The number of para-hydroxylation sites is 1. The lowest BCUT2D eigenvalue weighted by atomic mass is 10.1. The molecule has 0 saturated heterocycles. The predicted molar refractivity (Wildman–Crippen MR) is 101 cm³/mol. The standard InChI is InChI=1S/C20H20N4O3/c1-2-3-12-26-20-22-19-17(23-24-20)15-6-4-5-7-16(15)21-18(27-19)13-8-10-14(25)11-9-13/h4-11,18,21,25H,2-3,12H2,1H3. The van der Waals surface area contributed by atoms with Gasteiger partial charge in [0.15, 0.2) is 11.9 Å². The van der Waals surface area contributed by atoms with Gasteiger partial charge in [0.1, 0.15) is 5.75 Å². The Labute approximate surface area is 157 Å². The van der Waals surface area contributed by atoms with Gasteiger partial charge >= 0.3 is 6.01 Å². The summed E-state index contributed by atoms with van der Waals surface area (Å²) < 4.78 is 11.7. The molecule has 0 saturated carbocycles. The van der Waals surface area contributed by atoms with Crippen LogP contribution in [0.4, 0.5) is 5.69 Å². The van der Waals surface area contributed by atoms with Gasteiger partial charge in [-0.1, -0.05) is 36.6 Å². The molecule has 0 aliphatic carbocycles. The number of unbranched alkanes of at least 4 members (excludes halogenated alkanes) is 1. The van der Waals surface area contributed by atoms with Crippen molar-refractivity contribution in [3.8, 4) is 28.9 Å².